The van der Waals surface area contributed by atoms with Gasteiger partial charge >= 0.3 is 0 Å². The highest BCUT2D eigenvalue weighted by molar-refractivity contribution is 5.99. The number of aromatic nitrogens is 3. The summed E-state index contributed by atoms with van der Waals surface area (Å²) in [5, 5.41) is 7.85. The average molecular weight is 381 g/mol. The normalized spacial score (nSPS) is 16.3. The van der Waals surface area contributed by atoms with Crippen LogP contribution in [0.4, 0.5) is 4.39 Å². The van der Waals surface area contributed by atoms with Gasteiger partial charge in [0.05, 0.1) is 12.1 Å². The number of aromatic amines is 2. The number of halogens is 1. The summed E-state index contributed by atoms with van der Waals surface area (Å²) in [6.45, 7) is 0.820. The minimum atomic E-state index is -0.386. The fourth-order valence-corrected chi connectivity index (χ4v) is 3.84. The fourth-order valence-electron chi connectivity index (χ4n) is 3.84. The van der Waals surface area contributed by atoms with E-state index >= 15 is 0 Å². The zero-order chi connectivity index (χ0) is 19.4. The van der Waals surface area contributed by atoms with Crippen LogP contribution in [0.15, 0.2) is 24.3 Å². The minimum absolute atomic E-state index is 0.109. The van der Waals surface area contributed by atoms with Crippen LogP contribution in [0.2, 0.25) is 0 Å². The molecule has 0 spiro atoms. The number of hydrogen-bond acceptors (Lipinski definition) is 3. The number of fused-ring (bicyclic) bond motifs is 2. The monoisotopic (exact) mass is 381 g/mol. The molecule has 2 aliphatic rings. The molecule has 0 unspecified atom stereocenters. The number of carbonyl (C=O) groups is 2. The molecular formula is C20H20FN5O2. The molecule has 1 saturated carbocycles. The summed E-state index contributed by atoms with van der Waals surface area (Å²) < 4.78 is 13.9. The van der Waals surface area contributed by atoms with Gasteiger partial charge in [0.15, 0.2) is 5.69 Å². The molecule has 1 fully saturated rings. The fraction of sp³-hybridized carbons (Fsp3) is 0.350. The van der Waals surface area contributed by atoms with Crippen molar-refractivity contribution in [3.05, 3.63) is 52.7 Å². The van der Waals surface area contributed by atoms with E-state index in [0.29, 0.717) is 47.8 Å². The van der Waals surface area contributed by atoms with Gasteiger partial charge in [-0.2, -0.15) is 5.10 Å². The SMILES string of the molecule is CN(C(=O)c1n[nH]c2c1CN(C(=O)c1cc3cccc(F)c3[nH]1)CC2)C1CC1. The van der Waals surface area contributed by atoms with Gasteiger partial charge in [0.1, 0.15) is 11.5 Å². The van der Waals surface area contributed by atoms with Gasteiger partial charge in [0, 0.05) is 42.7 Å². The third kappa shape index (κ3) is 2.67. The first-order chi connectivity index (χ1) is 13.5. The van der Waals surface area contributed by atoms with Crippen LogP contribution in [-0.2, 0) is 13.0 Å². The van der Waals surface area contributed by atoms with Crippen LogP contribution in [0, 0.1) is 5.82 Å². The van der Waals surface area contributed by atoms with Crippen molar-refractivity contribution in [3.63, 3.8) is 0 Å². The minimum Gasteiger partial charge on any atom is -0.348 e. The Kier molecular flexibility index (Phi) is 3.75. The smallest absolute Gasteiger partial charge is 0.274 e. The number of hydrogen-bond donors (Lipinski definition) is 2. The molecule has 0 saturated heterocycles. The van der Waals surface area contributed by atoms with E-state index in [2.05, 4.69) is 15.2 Å². The first-order valence-electron chi connectivity index (χ1n) is 9.42. The molecule has 5 rings (SSSR count). The van der Waals surface area contributed by atoms with Crippen LogP contribution >= 0.6 is 0 Å². The summed E-state index contributed by atoms with van der Waals surface area (Å²) in [5.74, 6) is -0.707. The number of para-hydroxylation sites is 1. The van der Waals surface area contributed by atoms with E-state index in [4.69, 9.17) is 0 Å². The van der Waals surface area contributed by atoms with Crippen LogP contribution in [-0.4, -0.2) is 56.4 Å². The molecule has 2 N–H and O–H groups in total. The second-order valence-corrected chi connectivity index (χ2v) is 7.54. The quantitative estimate of drug-likeness (QED) is 0.731. The summed E-state index contributed by atoms with van der Waals surface area (Å²) in [6, 6.07) is 6.70. The van der Waals surface area contributed by atoms with Gasteiger partial charge in [-0.15, -0.1) is 0 Å². The van der Waals surface area contributed by atoms with Gasteiger partial charge in [-0.25, -0.2) is 4.39 Å². The van der Waals surface area contributed by atoms with Crippen molar-refractivity contribution < 1.29 is 14.0 Å². The highest BCUT2D eigenvalue weighted by atomic mass is 19.1. The predicted octanol–water partition coefficient (Wildman–Crippen LogP) is 2.46. The van der Waals surface area contributed by atoms with Crippen LogP contribution in [0.25, 0.3) is 10.9 Å². The molecule has 2 amide bonds. The number of rotatable bonds is 3. The Hall–Kier alpha value is -3.16. The zero-order valence-electron chi connectivity index (χ0n) is 15.5. The maximum atomic E-state index is 13.9. The number of nitrogens with one attached hydrogen (secondary N) is 2. The number of amides is 2. The second kappa shape index (κ2) is 6.19. The summed E-state index contributed by atoms with van der Waals surface area (Å²) in [6.07, 6.45) is 2.65. The Balaban J connectivity index is 1.41. The van der Waals surface area contributed by atoms with E-state index in [-0.39, 0.29) is 17.6 Å². The molecule has 0 bridgehead atoms. The molecule has 28 heavy (non-hydrogen) atoms. The largest absolute Gasteiger partial charge is 0.348 e. The number of H-pyrrole nitrogens is 2. The van der Waals surface area contributed by atoms with Crippen molar-refractivity contribution in [1.82, 2.24) is 25.0 Å². The lowest BCUT2D eigenvalue weighted by atomic mass is 10.0. The zero-order valence-corrected chi connectivity index (χ0v) is 15.5. The lowest BCUT2D eigenvalue weighted by Gasteiger charge is -2.27. The van der Waals surface area contributed by atoms with E-state index in [1.54, 1.807) is 35.0 Å². The molecule has 0 radical (unpaired) electrons. The molecule has 3 aromatic rings. The molecule has 8 heteroatoms. The Morgan fingerprint density at radius 1 is 1.32 bits per heavy atom. The van der Waals surface area contributed by atoms with Crippen molar-refractivity contribution in [3.8, 4) is 0 Å². The number of carbonyl (C=O) groups excluding carboxylic acids is 2. The third-order valence-corrected chi connectivity index (χ3v) is 5.67. The molecular weight excluding hydrogens is 361 g/mol. The van der Waals surface area contributed by atoms with Crippen molar-refractivity contribution in [2.75, 3.05) is 13.6 Å². The molecule has 1 aromatic carbocycles. The lowest BCUT2D eigenvalue weighted by Crippen LogP contribution is -2.37. The first-order valence-corrected chi connectivity index (χ1v) is 9.42. The van der Waals surface area contributed by atoms with Gasteiger partial charge in [0.25, 0.3) is 11.8 Å². The number of benzene rings is 1. The van der Waals surface area contributed by atoms with Gasteiger partial charge < -0.3 is 14.8 Å². The maximum Gasteiger partial charge on any atom is 0.274 e. The Labute approximate surface area is 160 Å². The van der Waals surface area contributed by atoms with Gasteiger partial charge in [-0.05, 0) is 25.0 Å². The predicted molar refractivity (Wildman–Crippen MR) is 100 cm³/mol. The highest BCUT2D eigenvalue weighted by Crippen LogP contribution is 2.29. The number of nitrogens with zero attached hydrogens (tertiary/aromatic N) is 3. The molecule has 0 atom stereocenters. The topological polar surface area (TPSA) is 85.1 Å². The van der Waals surface area contributed by atoms with Crippen molar-refractivity contribution in [1.29, 1.82) is 0 Å². The summed E-state index contributed by atoms with van der Waals surface area (Å²) in [7, 11) is 1.80. The summed E-state index contributed by atoms with van der Waals surface area (Å²) >= 11 is 0. The van der Waals surface area contributed by atoms with E-state index in [1.165, 1.54) is 6.07 Å². The van der Waals surface area contributed by atoms with Gasteiger partial charge in [-0.1, -0.05) is 12.1 Å². The standard InChI is InChI=1S/C20H20FN5O2/c1-25(12-5-6-12)20(28)18-13-10-26(8-7-15(13)23-24-18)19(27)16-9-11-3-2-4-14(21)17(11)22-16/h2-4,9,12,22H,5-8,10H2,1H3,(H,23,24). The summed E-state index contributed by atoms with van der Waals surface area (Å²) in [5.41, 5.74) is 2.74. The average Bonchev–Trinajstić information content (AvgIpc) is 3.31. The lowest BCUT2D eigenvalue weighted by molar-refractivity contribution is 0.0717. The van der Waals surface area contributed by atoms with E-state index in [9.17, 15) is 14.0 Å². The molecule has 2 aromatic heterocycles. The van der Waals surface area contributed by atoms with Crippen LogP contribution < -0.4 is 0 Å². The summed E-state index contributed by atoms with van der Waals surface area (Å²) in [4.78, 5) is 32.0. The first kappa shape index (κ1) is 17.0. The van der Waals surface area contributed by atoms with E-state index in [1.807, 2.05) is 0 Å². The molecule has 144 valence electrons. The van der Waals surface area contributed by atoms with Crippen LogP contribution in [0.3, 0.4) is 0 Å². The van der Waals surface area contributed by atoms with E-state index in [0.717, 1.165) is 24.1 Å². The van der Waals surface area contributed by atoms with Crippen LogP contribution in [0.1, 0.15) is 45.1 Å². The van der Waals surface area contributed by atoms with Crippen LogP contribution in [0.5, 0.6) is 0 Å². The molecule has 1 aliphatic carbocycles. The van der Waals surface area contributed by atoms with Crippen molar-refractivity contribution >= 4 is 22.7 Å². The highest BCUT2D eigenvalue weighted by Gasteiger charge is 2.34. The molecule has 3 heterocycles. The molecule has 1 aliphatic heterocycles. The van der Waals surface area contributed by atoms with Crippen molar-refractivity contribution in [2.24, 2.45) is 0 Å². The second-order valence-electron chi connectivity index (χ2n) is 7.54. The van der Waals surface area contributed by atoms with E-state index < -0.39 is 0 Å². The Morgan fingerprint density at radius 3 is 2.89 bits per heavy atom. The van der Waals surface area contributed by atoms with Crippen molar-refractivity contribution in [2.45, 2.75) is 31.8 Å². The Bertz CT molecular complexity index is 1100. The van der Waals surface area contributed by atoms with Gasteiger partial charge in [-0.3, -0.25) is 14.7 Å². The third-order valence-electron chi connectivity index (χ3n) is 5.67. The van der Waals surface area contributed by atoms with Gasteiger partial charge in [0.2, 0.25) is 0 Å². The molecule has 7 nitrogen and oxygen atoms in total. The maximum absolute atomic E-state index is 13.9. The Morgan fingerprint density at radius 2 is 2.14 bits per heavy atom.